The van der Waals surface area contributed by atoms with Crippen LogP contribution >= 0.6 is 22.9 Å². The Hall–Kier alpha value is -1.85. The molecule has 0 unspecified atom stereocenters. The third-order valence-electron chi connectivity index (χ3n) is 4.87. The molecule has 3 heterocycles. The van der Waals surface area contributed by atoms with Crippen molar-refractivity contribution in [2.24, 2.45) is 5.92 Å². The number of benzene rings is 1. The van der Waals surface area contributed by atoms with Crippen LogP contribution in [0, 0.1) is 5.92 Å². The van der Waals surface area contributed by atoms with Gasteiger partial charge in [0.1, 0.15) is 16.4 Å². The van der Waals surface area contributed by atoms with Gasteiger partial charge in [0.05, 0.1) is 12.5 Å². The fraction of sp³-hybridized carbons (Fsp3) is 0.368. The van der Waals surface area contributed by atoms with Crippen LogP contribution in [0.2, 0.25) is 5.28 Å². The lowest BCUT2D eigenvalue weighted by atomic mass is 9.98. The lowest BCUT2D eigenvalue weighted by Gasteiger charge is -2.31. The van der Waals surface area contributed by atoms with E-state index in [-0.39, 0.29) is 0 Å². The van der Waals surface area contributed by atoms with Crippen molar-refractivity contribution in [2.45, 2.75) is 19.8 Å². The van der Waals surface area contributed by atoms with Gasteiger partial charge < -0.3 is 9.64 Å². The summed E-state index contributed by atoms with van der Waals surface area (Å²) in [6.07, 6.45) is 2.37. The minimum absolute atomic E-state index is 0.323. The van der Waals surface area contributed by atoms with Gasteiger partial charge in [0.2, 0.25) is 5.28 Å². The Bertz CT molecular complexity index is 886. The van der Waals surface area contributed by atoms with Crippen LogP contribution in [0.15, 0.2) is 29.6 Å². The number of hydrogen-bond acceptors (Lipinski definition) is 5. The second-order valence-corrected chi connectivity index (χ2v) is 7.74. The number of aromatic nitrogens is 2. The van der Waals surface area contributed by atoms with E-state index in [1.165, 1.54) is 12.8 Å². The Morgan fingerprint density at radius 1 is 1.16 bits per heavy atom. The number of piperidine rings is 1. The van der Waals surface area contributed by atoms with Crippen LogP contribution in [-0.4, -0.2) is 30.2 Å². The quantitative estimate of drug-likeness (QED) is 0.587. The normalized spacial score (nSPS) is 15.7. The van der Waals surface area contributed by atoms with Crippen LogP contribution in [0.3, 0.4) is 0 Å². The number of halogens is 1. The molecule has 0 bridgehead atoms. The molecule has 1 aliphatic rings. The molecule has 3 aromatic rings. The number of hydrogen-bond donors (Lipinski definition) is 0. The van der Waals surface area contributed by atoms with Gasteiger partial charge in [-0.25, -0.2) is 4.98 Å². The fourth-order valence-electron chi connectivity index (χ4n) is 3.33. The molecule has 0 radical (unpaired) electrons. The summed E-state index contributed by atoms with van der Waals surface area (Å²) >= 11 is 7.83. The second kappa shape index (κ2) is 6.81. The van der Waals surface area contributed by atoms with Crippen LogP contribution < -0.4 is 9.64 Å². The van der Waals surface area contributed by atoms with Crippen LogP contribution in [0.1, 0.15) is 19.8 Å². The molecule has 0 aliphatic carbocycles. The van der Waals surface area contributed by atoms with Crippen LogP contribution in [0.4, 0.5) is 5.82 Å². The monoisotopic (exact) mass is 373 g/mol. The minimum Gasteiger partial charge on any atom is -0.497 e. The molecule has 0 amide bonds. The lowest BCUT2D eigenvalue weighted by Crippen LogP contribution is -2.33. The van der Waals surface area contributed by atoms with Gasteiger partial charge in [-0.1, -0.05) is 19.1 Å². The van der Waals surface area contributed by atoms with Gasteiger partial charge in [-0.15, -0.1) is 11.3 Å². The van der Waals surface area contributed by atoms with E-state index in [9.17, 15) is 0 Å². The molecule has 6 heteroatoms. The molecule has 4 nitrogen and oxygen atoms in total. The number of methoxy groups -OCH3 is 1. The zero-order valence-corrected chi connectivity index (χ0v) is 15.9. The maximum atomic E-state index is 6.21. The molecular weight excluding hydrogens is 354 g/mol. The number of rotatable bonds is 3. The molecule has 4 rings (SSSR count). The van der Waals surface area contributed by atoms with Crippen molar-refractivity contribution in [1.29, 1.82) is 0 Å². The highest BCUT2D eigenvalue weighted by Gasteiger charge is 2.23. The van der Waals surface area contributed by atoms with Crippen molar-refractivity contribution in [3.8, 4) is 16.9 Å². The topological polar surface area (TPSA) is 38.3 Å². The average Bonchev–Trinajstić information content (AvgIpc) is 3.05. The first-order valence-electron chi connectivity index (χ1n) is 8.50. The number of nitrogens with zero attached hydrogens (tertiary/aromatic N) is 3. The van der Waals surface area contributed by atoms with Gasteiger partial charge >= 0.3 is 0 Å². The third-order valence-corrected chi connectivity index (χ3v) is 5.91. The van der Waals surface area contributed by atoms with Crippen molar-refractivity contribution in [3.63, 3.8) is 0 Å². The van der Waals surface area contributed by atoms with E-state index in [0.29, 0.717) is 5.28 Å². The molecule has 1 fully saturated rings. The van der Waals surface area contributed by atoms with Gasteiger partial charge in [-0.3, -0.25) is 0 Å². The Morgan fingerprint density at radius 2 is 1.88 bits per heavy atom. The summed E-state index contributed by atoms with van der Waals surface area (Å²) < 4.78 is 5.27. The molecule has 25 heavy (non-hydrogen) atoms. The van der Waals surface area contributed by atoms with E-state index in [4.69, 9.17) is 16.3 Å². The first-order valence-corrected chi connectivity index (χ1v) is 9.75. The maximum absolute atomic E-state index is 6.21. The van der Waals surface area contributed by atoms with Gasteiger partial charge in [0.25, 0.3) is 0 Å². The molecule has 1 aliphatic heterocycles. The van der Waals surface area contributed by atoms with E-state index >= 15 is 0 Å². The Morgan fingerprint density at radius 3 is 2.56 bits per heavy atom. The van der Waals surface area contributed by atoms with Crippen LogP contribution in [0.5, 0.6) is 5.75 Å². The van der Waals surface area contributed by atoms with Gasteiger partial charge in [0, 0.05) is 24.0 Å². The summed E-state index contributed by atoms with van der Waals surface area (Å²) in [5.41, 5.74) is 2.30. The predicted octanol–water partition coefficient (Wildman–Crippen LogP) is 5.26. The molecule has 0 N–H and O–H groups in total. The average molecular weight is 374 g/mol. The van der Waals surface area contributed by atoms with Crippen molar-refractivity contribution in [3.05, 3.63) is 34.9 Å². The highest BCUT2D eigenvalue weighted by Crippen LogP contribution is 2.40. The Labute approximate surface area is 156 Å². The zero-order valence-electron chi connectivity index (χ0n) is 14.3. The van der Waals surface area contributed by atoms with Crippen LogP contribution in [-0.2, 0) is 0 Å². The summed E-state index contributed by atoms with van der Waals surface area (Å²) in [7, 11) is 1.68. The molecule has 0 spiro atoms. The smallest absolute Gasteiger partial charge is 0.225 e. The highest BCUT2D eigenvalue weighted by atomic mass is 35.5. The molecule has 0 atom stereocenters. The van der Waals surface area contributed by atoms with E-state index < -0.39 is 0 Å². The van der Waals surface area contributed by atoms with Gasteiger partial charge in [0.15, 0.2) is 0 Å². The van der Waals surface area contributed by atoms with Crippen molar-refractivity contribution in [1.82, 2.24) is 9.97 Å². The Kier molecular flexibility index (Phi) is 4.52. The van der Waals surface area contributed by atoms with Crippen LogP contribution in [0.25, 0.3) is 21.3 Å². The van der Waals surface area contributed by atoms with E-state index in [0.717, 1.165) is 51.9 Å². The van der Waals surface area contributed by atoms with E-state index in [1.54, 1.807) is 18.4 Å². The third kappa shape index (κ3) is 3.18. The van der Waals surface area contributed by atoms with Gasteiger partial charge in [-0.2, -0.15) is 4.98 Å². The van der Waals surface area contributed by atoms with Crippen molar-refractivity contribution >= 4 is 39.0 Å². The van der Waals surface area contributed by atoms with E-state index in [1.807, 2.05) is 12.1 Å². The molecular formula is C19H20ClN3OS. The number of thiophene rings is 1. The van der Waals surface area contributed by atoms with Gasteiger partial charge in [-0.05, 0) is 48.1 Å². The lowest BCUT2D eigenvalue weighted by molar-refractivity contribution is 0.415. The molecule has 1 saturated heterocycles. The highest BCUT2D eigenvalue weighted by molar-refractivity contribution is 7.17. The summed E-state index contributed by atoms with van der Waals surface area (Å²) in [4.78, 5) is 12.4. The number of anilines is 1. The summed E-state index contributed by atoms with van der Waals surface area (Å²) in [5, 5.41) is 3.58. The minimum atomic E-state index is 0.323. The predicted molar refractivity (Wildman–Crippen MR) is 105 cm³/mol. The second-order valence-electron chi connectivity index (χ2n) is 6.54. The maximum Gasteiger partial charge on any atom is 0.225 e. The first kappa shape index (κ1) is 16.6. The largest absolute Gasteiger partial charge is 0.497 e. The Balaban J connectivity index is 1.83. The fourth-order valence-corrected chi connectivity index (χ4v) is 4.49. The number of fused-ring (bicyclic) bond motifs is 1. The van der Waals surface area contributed by atoms with Crippen molar-refractivity contribution < 1.29 is 4.74 Å². The molecule has 1 aromatic carbocycles. The number of ether oxygens (including phenoxy) is 1. The summed E-state index contributed by atoms with van der Waals surface area (Å²) in [6.45, 7) is 4.34. The molecule has 130 valence electrons. The summed E-state index contributed by atoms with van der Waals surface area (Å²) in [6, 6.07) is 8.13. The standard InChI is InChI=1S/C19H20ClN3OS/c1-12-7-9-23(10-8-12)17-16-15(11-25-18(16)22-19(20)21-17)13-3-5-14(24-2)6-4-13/h3-6,11-12H,7-10H2,1-2H3. The van der Waals surface area contributed by atoms with Crippen molar-refractivity contribution in [2.75, 3.05) is 25.1 Å². The SMILES string of the molecule is COc1ccc(-c2csc3nc(Cl)nc(N4CCC(C)CC4)c23)cc1. The summed E-state index contributed by atoms with van der Waals surface area (Å²) in [5.74, 6) is 2.59. The molecule has 2 aromatic heterocycles. The first-order chi connectivity index (χ1) is 12.2. The molecule has 0 saturated carbocycles. The van der Waals surface area contributed by atoms with E-state index in [2.05, 4.69) is 39.3 Å². The zero-order chi connectivity index (χ0) is 17.4.